The molecule has 0 radical (unpaired) electrons. The van der Waals surface area contributed by atoms with Crippen molar-refractivity contribution >= 4 is 21.6 Å². The van der Waals surface area contributed by atoms with E-state index in [0.717, 1.165) is 10.0 Å². The zero-order valence-corrected chi connectivity index (χ0v) is 12.3. The van der Waals surface area contributed by atoms with Crippen molar-refractivity contribution in [3.8, 4) is 11.5 Å². The van der Waals surface area contributed by atoms with Gasteiger partial charge in [0.1, 0.15) is 11.5 Å². The molecule has 20 heavy (non-hydrogen) atoms. The molecule has 104 valence electrons. The first-order valence-corrected chi connectivity index (χ1v) is 6.62. The maximum absolute atomic E-state index is 10.8. The van der Waals surface area contributed by atoms with E-state index in [4.69, 9.17) is 4.74 Å². The van der Waals surface area contributed by atoms with Crippen LogP contribution in [-0.2, 0) is 6.61 Å². The van der Waals surface area contributed by atoms with Crippen LogP contribution in [0.3, 0.4) is 0 Å². The summed E-state index contributed by atoms with van der Waals surface area (Å²) in [6, 6.07) is 9.93. The van der Waals surface area contributed by atoms with Crippen molar-refractivity contribution in [2.24, 2.45) is 0 Å². The summed E-state index contributed by atoms with van der Waals surface area (Å²) in [5.74, 6) is 1.10. The van der Waals surface area contributed by atoms with Crippen LogP contribution in [0.5, 0.6) is 11.5 Å². The molecule has 0 aliphatic carbocycles. The molecule has 0 amide bonds. The Kier molecular flexibility index (Phi) is 4.36. The Balaban J connectivity index is 2.34. The van der Waals surface area contributed by atoms with E-state index in [9.17, 15) is 15.2 Å². The first-order valence-electron chi connectivity index (χ1n) is 5.83. The number of halogens is 1. The Morgan fingerprint density at radius 2 is 2.05 bits per heavy atom. The summed E-state index contributed by atoms with van der Waals surface area (Å²) in [6.45, 7) is 1.49. The van der Waals surface area contributed by atoms with Crippen molar-refractivity contribution in [2.75, 3.05) is 0 Å². The molecule has 2 aromatic rings. The summed E-state index contributed by atoms with van der Waals surface area (Å²) < 4.78 is 6.58. The van der Waals surface area contributed by atoms with Gasteiger partial charge in [0.25, 0.3) is 5.69 Å². The minimum absolute atomic E-state index is 0.120. The molecule has 0 atom stereocenters. The minimum atomic E-state index is -0.528. The topological polar surface area (TPSA) is 72.6 Å². The Labute approximate surface area is 124 Å². The van der Waals surface area contributed by atoms with E-state index in [1.165, 1.54) is 18.2 Å². The van der Waals surface area contributed by atoms with Crippen molar-refractivity contribution in [2.45, 2.75) is 13.5 Å². The lowest BCUT2D eigenvalue weighted by Gasteiger charge is -2.10. The summed E-state index contributed by atoms with van der Waals surface area (Å²) in [6.07, 6.45) is 0. The van der Waals surface area contributed by atoms with Crippen molar-refractivity contribution in [1.82, 2.24) is 0 Å². The molecule has 0 aromatic heterocycles. The van der Waals surface area contributed by atoms with E-state index in [0.29, 0.717) is 11.5 Å². The highest BCUT2D eigenvalue weighted by Crippen LogP contribution is 2.31. The molecule has 0 fully saturated rings. The molecule has 2 rings (SSSR count). The Hall–Kier alpha value is -1.92. The SMILES string of the molecule is Cc1ccc(Br)cc1Oc1ccc([N+](=O)[O-])c(CO)c1. The zero-order chi connectivity index (χ0) is 14.7. The number of ether oxygens (including phenoxy) is 1. The van der Waals surface area contributed by atoms with Gasteiger partial charge >= 0.3 is 0 Å². The normalized spacial score (nSPS) is 10.3. The van der Waals surface area contributed by atoms with Gasteiger partial charge < -0.3 is 9.84 Å². The minimum Gasteiger partial charge on any atom is -0.457 e. The Morgan fingerprint density at radius 3 is 2.70 bits per heavy atom. The molecule has 1 N–H and O–H groups in total. The van der Waals surface area contributed by atoms with E-state index in [1.807, 2.05) is 25.1 Å². The lowest BCUT2D eigenvalue weighted by molar-refractivity contribution is -0.385. The number of aliphatic hydroxyl groups is 1. The Morgan fingerprint density at radius 1 is 1.30 bits per heavy atom. The fourth-order valence-corrected chi connectivity index (χ4v) is 2.08. The number of hydrogen-bond donors (Lipinski definition) is 1. The molecule has 0 saturated heterocycles. The fraction of sp³-hybridized carbons (Fsp3) is 0.143. The van der Waals surface area contributed by atoms with E-state index in [1.54, 1.807) is 0 Å². The van der Waals surface area contributed by atoms with Crippen LogP contribution in [0.1, 0.15) is 11.1 Å². The second-order valence-electron chi connectivity index (χ2n) is 4.22. The predicted octanol–water partition coefficient (Wildman–Crippen LogP) is 3.95. The largest absolute Gasteiger partial charge is 0.457 e. The van der Waals surface area contributed by atoms with Gasteiger partial charge in [-0.2, -0.15) is 0 Å². The number of aliphatic hydroxyl groups excluding tert-OH is 1. The molecule has 0 heterocycles. The summed E-state index contributed by atoms with van der Waals surface area (Å²) in [7, 11) is 0. The van der Waals surface area contributed by atoms with Gasteiger partial charge in [0, 0.05) is 10.5 Å². The van der Waals surface area contributed by atoms with Gasteiger partial charge in [0.05, 0.1) is 17.1 Å². The number of nitro groups is 1. The molecule has 5 nitrogen and oxygen atoms in total. The second-order valence-corrected chi connectivity index (χ2v) is 5.13. The van der Waals surface area contributed by atoms with Gasteiger partial charge in [-0.1, -0.05) is 22.0 Å². The molecule has 0 bridgehead atoms. The number of nitro benzene ring substituents is 1. The van der Waals surface area contributed by atoms with E-state index < -0.39 is 11.5 Å². The number of rotatable bonds is 4. The number of hydrogen-bond acceptors (Lipinski definition) is 4. The maximum atomic E-state index is 10.8. The third kappa shape index (κ3) is 3.15. The van der Waals surface area contributed by atoms with Crippen LogP contribution in [0, 0.1) is 17.0 Å². The van der Waals surface area contributed by atoms with Crippen LogP contribution < -0.4 is 4.74 Å². The van der Waals surface area contributed by atoms with Crippen molar-refractivity contribution in [3.05, 3.63) is 62.1 Å². The molecule has 0 saturated carbocycles. The van der Waals surface area contributed by atoms with Crippen LogP contribution in [0.2, 0.25) is 0 Å². The van der Waals surface area contributed by atoms with Gasteiger partial charge in [0.15, 0.2) is 0 Å². The summed E-state index contributed by atoms with van der Waals surface area (Å²) in [4.78, 5) is 10.3. The molecular formula is C14H12BrNO4. The van der Waals surface area contributed by atoms with Crippen LogP contribution in [0.4, 0.5) is 5.69 Å². The smallest absolute Gasteiger partial charge is 0.275 e. The van der Waals surface area contributed by atoms with Gasteiger partial charge in [-0.25, -0.2) is 0 Å². The standard InChI is InChI=1S/C14H12BrNO4/c1-9-2-3-11(15)7-14(9)20-12-4-5-13(16(18)19)10(6-12)8-17/h2-7,17H,8H2,1H3. The van der Waals surface area contributed by atoms with E-state index in [2.05, 4.69) is 15.9 Å². The summed E-state index contributed by atoms with van der Waals surface area (Å²) >= 11 is 3.36. The monoisotopic (exact) mass is 337 g/mol. The van der Waals surface area contributed by atoms with Gasteiger partial charge in [-0.15, -0.1) is 0 Å². The Bertz CT molecular complexity index is 658. The van der Waals surface area contributed by atoms with Crippen LogP contribution in [0.25, 0.3) is 0 Å². The van der Waals surface area contributed by atoms with Crippen molar-refractivity contribution in [3.63, 3.8) is 0 Å². The average Bonchev–Trinajstić information content (AvgIpc) is 2.42. The summed E-state index contributed by atoms with van der Waals surface area (Å²) in [5, 5.41) is 20.0. The van der Waals surface area contributed by atoms with Crippen LogP contribution in [-0.4, -0.2) is 10.0 Å². The first kappa shape index (κ1) is 14.5. The van der Waals surface area contributed by atoms with E-state index in [-0.39, 0.29) is 11.3 Å². The van der Waals surface area contributed by atoms with Crippen LogP contribution >= 0.6 is 15.9 Å². The quantitative estimate of drug-likeness (QED) is 0.677. The average molecular weight is 338 g/mol. The predicted molar refractivity (Wildman–Crippen MR) is 78.0 cm³/mol. The lowest BCUT2D eigenvalue weighted by Crippen LogP contribution is -1.96. The van der Waals surface area contributed by atoms with Crippen molar-refractivity contribution < 1.29 is 14.8 Å². The molecule has 0 aliphatic rings. The molecule has 2 aromatic carbocycles. The highest BCUT2D eigenvalue weighted by Gasteiger charge is 2.14. The maximum Gasteiger partial charge on any atom is 0.275 e. The highest BCUT2D eigenvalue weighted by atomic mass is 79.9. The molecule has 0 spiro atoms. The summed E-state index contributed by atoms with van der Waals surface area (Å²) in [5.41, 5.74) is 1.04. The van der Waals surface area contributed by atoms with Gasteiger partial charge in [-0.3, -0.25) is 10.1 Å². The van der Waals surface area contributed by atoms with Gasteiger partial charge in [0.2, 0.25) is 0 Å². The van der Waals surface area contributed by atoms with E-state index >= 15 is 0 Å². The molecule has 0 unspecified atom stereocenters. The third-order valence-corrected chi connectivity index (χ3v) is 3.29. The number of nitrogens with zero attached hydrogens (tertiary/aromatic N) is 1. The second kappa shape index (κ2) is 6.02. The first-order chi connectivity index (χ1) is 9.51. The zero-order valence-electron chi connectivity index (χ0n) is 10.7. The molecule has 0 aliphatic heterocycles. The lowest BCUT2D eigenvalue weighted by atomic mass is 10.2. The number of benzene rings is 2. The van der Waals surface area contributed by atoms with Crippen LogP contribution in [0.15, 0.2) is 40.9 Å². The van der Waals surface area contributed by atoms with Crippen molar-refractivity contribution in [1.29, 1.82) is 0 Å². The highest BCUT2D eigenvalue weighted by molar-refractivity contribution is 9.10. The molecule has 6 heteroatoms. The molecular weight excluding hydrogens is 326 g/mol. The van der Waals surface area contributed by atoms with Gasteiger partial charge in [-0.05, 0) is 36.8 Å². The number of aryl methyl sites for hydroxylation is 1. The fourth-order valence-electron chi connectivity index (χ4n) is 1.74. The third-order valence-electron chi connectivity index (χ3n) is 2.80.